The Morgan fingerprint density at radius 2 is 1.54 bits per heavy atom. The van der Waals surface area contributed by atoms with Gasteiger partial charge >= 0.3 is 0 Å². The first-order valence-corrected chi connectivity index (χ1v) is 8.80. The molecule has 3 N–H and O–H groups in total. The second-order valence-electron chi connectivity index (χ2n) is 6.24. The molecule has 2 aromatic carbocycles. The SMILES string of the molecule is OCCN(CCO)C[C@H](O)c1cc(-c2ccccc2)nc2ccccc12. The Labute approximate surface area is 153 Å². The molecule has 0 aliphatic heterocycles. The van der Waals surface area contributed by atoms with Crippen LogP contribution >= 0.6 is 0 Å². The highest BCUT2D eigenvalue weighted by atomic mass is 16.3. The van der Waals surface area contributed by atoms with E-state index in [4.69, 9.17) is 4.98 Å². The largest absolute Gasteiger partial charge is 0.395 e. The van der Waals surface area contributed by atoms with Crippen molar-refractivity contribution >= 4 is 10.9 Å². The van der Waals surface area contributed by atoms with Crippen molar-refractivity contribution in [3.05, 3.63) is 66.2 Å². The minimum Gasteiger partial charge on any atom is -0.395 e. The van der Waals surface area contributed by atoms with Gasteiger partial charge in [-0.2, -0.15) is 0 Å². The lowest BCUT2D eigenvalue weighted by Gasteiger charge is -2.24. The number of aliphatic hydroxyl groups excluding tert-OH is 3. The minimum atomic E-state index is -0.747. The van der Waals surface area contributed by atoms with Gasteiger partial charge in [-0.05, 0) is 17.7 Å². The number of para-hydroxylation sites is 1. The van der Waals surface area contributed by atoms with E-state index < -0.39 is 6.10 Å². The Morgan fingerprint density at radius 3 is 2.23 bits per heavy atom. The van der Waals surface area contributed by atoms with E-state index in [1.54, 1.807) is 0 Å². The molecule has 1 aromatic heterocycles. The Kier molecular flexibility index (Phi) is 6.30. The van der Waals surface area contributed by atoms with Gasteiger partial charge in [0.25, 0.3) is 0 Å². The molecule has 26 heavy (non-hydrogen) atoms. The molecule has 5 nitrogen and oxygen atoms in total. The average molecular weight is 352 g/mol. The molecule has 0 fully saturated rings. The molecule has 136 valence electrons. The summed E-state index contributed by atoms with van der Waals surface area (Å²) in [6, 6.07) is 19.6. The maximum Gasteiger partial charge on any atom is 0.0924 e. The number of benzene rings is 2. The van der Waals surface area contributed by atoms with Gasteiger partial charge in [-0.25, -0.2) is 4.98 Å². The van der Waals surface area contributed by atoms with Gasteiger partial charge in [-0.3, -0.25) is 4.90 Å². The normalized spacial score (nSPS) is 12.6. The third kappa shape index (κ3) is 4.26. The van der Waals surface area contributed by atoms with Crippen LogP contribution in [0.5, 0.6) is 0 Å². The first-order chi connectivity index (χ1) is 12.7. The molecule has 0 radical (unpaired) electrons. The van der Waals surface area contributed by atoms with Gasteiger partial charge in [0.2, 0.25) is 0 Å². The van der Waals surface area contributed by atoms with Crippen molar-refractivity contribution in [1.82, 2.24) is 9.88 Å². The number of nitrogens with zero attached hydrogens (tertiary/aromatic N) is 2. The molecule has 3 rings (SSSR count). The zero-order valence-corrected chi connectivity index (χ0v) is 14.6. The van der Waals surface area contributed by atoms with E-state index in [0.717, 1.165) is 27.7 Å². The van der Waals surface area contributed by atoms with Crippen molar-refractivity contribution in [3.63, 3.8) is 0 Å². The van der Waals surface area contributed by atoms with Crippen LogP contribution in [0.2, 0.25) is 0 Å². The lowest BCUT2D eigenvalue weighted by Crippen LogP contribution is -2.33. The Bertz CT molecular complexity index is 833. The van der Waals surface area contributed by atoms with E-state index in [9.17, 15) is 15.3 Å². The molecule has 1 atom stereocenters. The maximum atomic E-state index is 10.9. The van der Waals surface area contributed by atoms with Crippen LogP contribution in [0.15, 0.2) is 60.7 Å². The van der Waals surface area contributed by atoms with Crippen LogP contribution in [0.25, 0.3) is 22.2 Å². The van der Waals surface area contributed by atoms with Gasteiger partial charge in [0.05, 0.1) is 30.5 Å². The fourth-order valence-electron chi connectivity index (χ4n) is 3.15. The zero-order valence-electron chi connectivity index (χ0n) is 14.6. The summed E-state index contributed by atoms with van der Waals surface area (Å²) in [7, 11) is 0. The van der Waals surface area contributed by atoms with Crippen molar-refractivity contribution in [2.75, 3.05) is 32.8 Å². The summed E-state index contributed by atoms with van der Waals surface area (Å²) >= 11 is 0. The van der Waals surface area contributed by atoms with Gasteiger partial charge < -0.3 is 15.3 Å². The number of rotatable bonds is 8. The minimum absolute atomic E-state index is 0.0148. The fraction of sp³-hybridized carbons (Fsp3) is 0.286. The van der Waals surface area contributed by atoms with E-state index in [-0.39, 0.29) is 13.2 Å². The molecule has 0 bridgehead atoms. The summed E-state index contributed by atoms with van der Waals surface area (Å²) < 4.78 is 0. The van der Waals surface area contributed by atoms with E-state index in [1.165, 1.54) is 0 Å². The van der Waals surface area contributed by atoms with Crippen LogP contribution in [0.3, 0.4) is 0 Å². The molecule has 0 amide bonds. The second kappa shape index (κ2) is 8.87. The fourth-order valence-corrected chi connectivity index (χ4v) is 3.15. The Morgan fingerprint density at radius 1 is 0.885 bits per heavy atom. The first kappa shape index (κ1) is 18.5. The number of fused-ring (bicyclic) bond motifs is 1. The van der Waals surface area contributed by atoms with Crippen molar-refractivity contribution in [3.8, 4) is 11.3 Å². The predicted molar refractivity (Wildman–Crippen MR) is 103 cm³/mol. The Hall–Kier alpha value is -2.31. The molecule has 0 aliphatic carbocycles. The molecular formula is C21H24N2O3. The van der Waals surface area contributed by atoms with Crippen LogP contribution in [0.1, 0.15) is 11.7 Å². The van der Waals surface area contributed by atoms with Crippen molar-refractivity contribution < 1.29 is 15.3 Å². The topological polar surface area (TPSA) is 76.8 Å². The highest BCUT2D eigenvalue weighted by molar-refractivity contribution is 5.85. The van der Waals surface area contributed by atoms with Crippen LogP contribution in [0, 0.1) is 0 Å². The zero-order chi connectivity index (χ0) is 18.4. The van der Waals surface area contributed by atoms with Crippen molar-refractivity contribution in [1.29, 1.82) is 0 Å². The number of aromatic nitrogens is 1. The lowest BCUT2D eigenvalue weighted by atomic mass is 10.00. The maximum absolute atomic E-state index is 10.9. The third-order valence-corrected chi connectivity index (χ3v) is 4.44. The van der Waals surface area contributed by atoms with E-state index >= 15 is 0 Å². The number of hydrogen-bond donors (Lipinski definition) is 3. The summed E-state index contributed by atoms with van der Waals surface area (Å²) in [5.41, 5.74) is 3.44. The summed E-state index contributed by atoms with van der Waals surface area (Å²) in [5, 5.41) is 30.2. The van der Waals surface area contributed by atoms with Gasteiger partial charge in [-0.1, -0.05) is 48.5 Å². The molecular weight excluding hydrogens is 328 g/mol. The van der Waals surface area contributed by atoms with Crippen LogP contribution in [0.4, 0.5) is 0 Å². The summed E-state index contributed by atoms with van der Waals surface area (Å²) in [6.45, 7) is 1.12. The van der Waals surface area contributed by atoms with E-state index in [1.807, 2.05) is 65.6 Å². The van der Waals surface area contributed by atoms with Crippen LogP contribution in [-0.4, -0.2) is 58.1 Å². The van der Waals surface area contributed by atoms with Crippen LogP contribution in [-0.2, 0) is 0 Å². The molecule has 3 aromatic rings. The molecule has 1 heterocycles. The molecule has 0 aliphatic rings. The number of aliphatic hydroxyl groups is 3. The average Bonchev–Trinajstić information content (AvgIpc) is 2.68. The second-order valence-corrected chi connectivity index (χ2v) is 6.24. The number of hydrogen-bond acceptors (Lipinski definition) is 5. The first-order valence-electron chi connectivity index (χ1n) is 8.80. The van der Waals surface area contributed by atoms with Gasteiger partial charge in [0.1, 0.15) is 0 Å². The summed E-state index contributed by atoms with van der Waals surface area (Å²) in [5.74, 6) is 0. The molecule has 0 saturated heterocycles. The van der Waals surface area contributed by atoms with Crippen LogP contribution < -0.4 is 0 Å². The van der Waals surface area contributed by atoms with Gasteiger partial charge in [0, 0.05) is 30.6 Å². The summed E-state index contributed by atoms with van der Waals surface area (Å²) in [6.07, 6.45) is -0.747. The number of pyridine rings is 1. The molecule has 5 heteroatoms. The van der Waals surface area contributed by atoms with E-state index in [0.29, 0.717) is 19.6 Å². The highest BCUT2D eigenvalue weighted by Crippen LogP contribution is 2.29. The quantitative estimate of drug-likeness (QED) is 0.579. The molecule has 0 saturated carbocycles. The Balaban J connectivity index is 2.00. The lowest BCUT2D eigenvalue weighted by molar-refractivity contribution is 0.0882. The van der Waals surface area contributed by atoms with Gasteiger partial charge in [-0.15, -0.1) is 0 Å². The monoisotopic (exact) mass is 352 g/mol. The highest BCUT2D eigenvalue weighted by Gasteiger charge is 2.17. The van der Waals surface area contributed by atoms with Gasteiger partial charge in [0.15, 0.2) is 0 Å². The standard InChI is InChI=1S/C21H24N2O3/c24-12-10-23(11-13-25)15-21(26)18-14-20(16-6-2-1-3-7-16)22-19-9-5-4-8-17(18)19/h1-9,14,21,24-26H,10-13,15H2/t21-/m0/s1. The van der Waals surface area contributed by atoms with Crippen molar-refractivity contribution in [2.24, 2.45) is 0 Å². The summed E-state index contributed by atoms with van der Waals surface area (Å²) in [4.78, 5) is 6.58. The van der Waals surface area contributed by atoms with E-state index in [2.05, 4.69) is 0 Å². The third-order valence-electron chi connectivity index (χ3n) is 4.44. The molecule has 0 unspecified atom stereocenters. The molecule has 0 spiro atoms. The van der Waals surface area contributed by atoms with Crippen molar-refractivity contribution in [2.45, 2.75) is 6.10 Å². The smallest absolute Gasteiger partial charge is 0.0924 e. The predicted octanol–water partition coefficient (Wildman–Crippen LogP) is 2.22.